The summed E-state index contributed by atoms with van der Waals surface area (Å²) < 4.78 is 5.27. The molecule has 0 unspecified atom stereocenters. The second-order valence-electron chi connectivity index (χ2n) is 3.60. The molecule has 3 aromatic heterocycles. The maximum absolute atomic E-state index is 11.8. The maximum Gasteiger partial charge on any atom is 0.344 e. The lowest BCUT2D eigenvalue weighted by atomic mass is 10.1. The zero-order chi connectivity index (χ0) is 11.7. The highest BCUT2D eigenvalue weighted by molar-refractivity contribution is 5.83. The lowest BCUT2D eigenvalue weighted by molar-refractivity contribution is 0.534. The predicted molar refractivity (Wildman–Crippen MR) is 63.5 cm³/mol. The summed E-state index contributed by atoms with van der Waals surface area (Å²) in [5.74, 6) is 0.526. The molecule has 0 saturated carbocycles. The van der Waals surface area contributed by atoms with Gasteiger partial charge in [0.2, 0.25) is 0 Å². The average Bonchev–Trinajstić information content (AvgIpc) is 2.40. The van der Waals surface area contributed by atoms with Crippen molar-refractivity contribution >= 4 is 10.8 Å². The van der Waals surface area contributed by atoms with Crippen LogP contribution in [0.25, 0.3) is 22.1 Å². The van der Waals surface area contributed by atoms with Gasteiger partial charge >= 0.3 is 5.63 Å². The van der Waals surface area contributed by atoms with Gasteiger partial charge in [-0.25, -0.2) is 4.79 Å². The minimum atomic E-state index is -0.350. The van der Waals surface area contributed by atoms with Crippen LogP contribution in [0.1, 0.15) is 0 Å². The van der Waals surface area contributed by atoms with E-state index in [9.17, 15) is 4.79 Å². The van der Waals surface area contributed by atoms with Crippen LogP contribution in [-0.4, -0.2) is 9.97 Å². The van der Waals surface area contributed by atoms with Crippen molar-refractivity contribution in [1.29, 1.82) is 0 Å². The quantitative estimate of drug-likeness (QED) is 0.636. The summed E-state index contributed by atoms with van der Waals surface area (Å²) >= 11 is 0. The number of nitrogens with zero attached hydrogens (tertiary/aromatic N) is 2. The Balaban J connectivity index is 2.30. The van der Waals surface area contributed by atoms with Gasteiger partial charge in [-0.3, -0.25) is 9.97 Å². The molecule has 17 heavy (non-hydrogen) atoms. The topological polar surface area (TPSA) is 56.0 Å². The second-order valence-corrected chi connectivity index (χ2v) is 3.60. The third-order valence-electron chi connectivity index (χ3n) is 2.53. The number of aromatic nitrogens is 2. The Morgan fingerprint density at radius 2 is 1.76 bits per heavy atom. The fourth-order valence-electron chi connectivity index (χ4n) is 1.69. The minimum Gasteiger partial charge on any atom is -0.422 e. The van der Waals surface area contributed by atoms with Gasteiger partial charge in [-0.1, -0.05) is 0 Å². The van der Waals surface area contributed by atoms with Crippen molar-refractivity contribution in [3.8, 4) is 11.3 Å². The molecule has 0 radical (unpaired) electrons. The van der Waals surface area contributed by atoms with Crippen molar-refractivity contribution in [3.05, 3.63) is 59.5 Å². The summed E-state index contributed by atoms with van der Waals surface area (Å²) in [6.45, 7) is 0. The van der Waals surface area contributed by atoms with E-state index in [1.807, 2.05) is 0 Å². The monoisotopic (exact) mass is 224 g/mol. The van der Waals surface area contributed by atoms with E-state index in [2.05, 4.69) is 9.97 Å². The van der Waals surface area contributed by atoms with Crippen LogP contribution in [0.5, 0.6) is 0 Å². The smallest absolute Gasteiger partial charge is 0.344 e. The van der Waals surface area contributed by atoms with E-state index >= 15 is 0 Å². The zero-order valence-electron chi connectivity index (χ0n) is 8.83. The van der Waals surface area contributed by atoms with Gasteiger partial charge in [0, 0.05) is 35.7 Å². The highest BCUT2D eigenvalue weighted by Gasteiger charge is 2.05. The molecule has 0 aliphatic heterocycles. The molecule has 3 aromatic rings. The van der Waals surface area contributed by atoms with Crippen LogP contribution in [-0.2, 0) is 0 Å². The van der Waals surface area contributed by atoms with Crippen molar-refractivity contribution in [2.75, 3.05) is 0 Å². The van der Waals surface area contributed by atoms with E-state index in [0.717, 1.165) is 10.9 Å². The molecule has 0 spiro atoms. The molecular formula is C13H8N2O2. The van der Waals surface area contributed by atoms with Gasteiger partial charge in [0.1, 0.15) is 5.76 Å². The van der Waals surface area contributed by atoms with Crippen molar-refractivity contribution in [3.63, 3.8) is 0 Å². The molecule has 0 aromatic carbocycles. The maximum atomic E-state index is 11.8. The highest BCUT2D eigenvalue weighted by Crippen LogP contribution is 2.20. The van der Waals surface area contributed by atoms with Gasteiger partial charge in [0.15, 0.2) is 0 Å². The SMILES string of the molecule is O=c1oc(-c2ccncc2)cc2cnccc12. The number of hydrogen-bond donors (Lipinski definition) is 0. The van der Waals surface area contributed by atoms with Gasteiger partial charge in [0.25, 0.3) is 0 Å². The van der Waals surface area contributed by atoms with E-state index in [4.69, 9.17) is 4.42 Å². The Morgan fingerprint density at radius 3 is 2.59 bits per heavy atom. The van der Waals surface area contributed by atoms with Gasteiger partial charge in [-0.05, 0) is 24.3 Å². The fourth-order valence-corrected chi connectivity index (χ4v) is 1.69. The van der Waals surface area contributed by atoms with E-state index in [1.54, 1.807) is 49.1 Å². The Bertz CT molecular complexity index is 720. The van der Waals surface area contributed by atoms with Gasteiger partial charge in [0.05, 0.1) is 5.39 Å². The fraction of sp³-hybridized carbons (Fsp3) is 0. The summed E-state index contributed by atoms with van der Waals surface area (Å²) in [6.07, 6.45) is 6.54. The van der Waals surface area contributed by atoms with E-state index in [0.29, 0.717) is 11.1 Å². The summed E-state index contributed by atoms with van der Waals surface area (Å²) in [4.78, 5) is 19.7. The molecule has 4 heteroatoms. The Hall–Kier alpha value is -2.49. The van der Waals surface area contributed by atoms with Crippen molar-refractivity contribution in [2.45, 2.75) is 0 Å². The summed E-state index contributed by atoms with van der Waals surface area (Å²) in [5, 5.41) is 1.31. The summed E-state index contributed by atoms with van der Waals surface area (Å²) in [6, 6.07) is 7.04. The predicted octanol–water partition coefficient (Wildman–Crippen LogP) is 2.25. The van der Waals surface area contributed by atoms with Crippen LogP contribution in [0.3, 0.4) is 0 Å². The van der Waals surface area contributed by atoms with Crippen LogP contribution >= 0.6 is 0 Å². The molecule has 0 bridgehead atoms. The van der Waals surface area contributed by atoms with Crippen LogP contribution in [0.4, 0.5) is 0 Å². The molecular weight excluding hydrogens is 216 g/mol. The van der Waals surface area contributed by atoms with Crippen LogP contribution < -0.4 is 5.63 Å². The first-order chi connectivity index (χ1) is 8.34. The molecule has 0 fully saturated rings. The Morgan fingerprint density at radius 1 is 1.00 bits per heavy atom. The van der Waals surface area contributed by atoms with Crippen LogP contribution in [0.15, 0.2) is 58.3 Å². The molecule has 82 valence electrons. The number of fused-ring (bicyclic) bond motifs is 1. The van der Waals surface area contributed by atoms with Crippen molar-refractivity contribution < 1.29 is 4.42 Å². The molecule has 0 amide bonds. The van der Waals surface area contributed by atoms with Gasteiger partial charge in [-0.15, -0.1) is 0 Å². The third kappa shape index (κ3) is 1.69. The van der Waals surface area contributed by atoms with Gasteiger partial charge < -0.3 is 4.42 Å². The first-order valence-electron chi connectivity index (χ1n) is 5.13. The Kier molecular flexibility index (Phi) is 2.19. The largest absolute Gasteiger partial charge is 0.422 e. The lowest BCUT2D eigenvalue weighted by Crippen LogP contribution is -2.00. The van der Waals surface area contributed by atoms with E-state index in [1.165, 1.54) is 0 Å². The molecule has 3 heterocycles. The van der Waals surface area contributed by atoms with Gasteiger partial charge in [-0.2, -0.15) is 0 Å². The average molecular weight is 224 g/mol. The Labute approximate surface area is 96.6 Å². The molecule has 0 aliphatic rings. The highest BCUT2D eigenvalue weighted by atomic mass is 16.4. The van der Waals surface area contributed by atoms with Crippen molar-refractivity contribution in [1.82, 2.24) is 9.97 Å². The summed E-state index contributed by atoms with van der Waals surface area (Å²) in [7, 11) is 0. The zero-order valence-corrected chi connectivity index (χ0v) is 8.83. The first-order valence-corrected chi connectivity index (χ1v) is 5.13. The molecule has 0 aliphatic carbocycles. The molecule has 0 atom stereocenters. The minimum absolute atomic E-state index is 0.350. The second kappa shape index (κ2) is 3.83. The van der Waals surface area contributed by atoms with Crippen LogP contribution in [0, 0.1) is 0 Å². The lowest BCUT2D eigenvalue weighted by Gasteiger charge is -2.01. The number of pyridine rings is 2. The first kappa shape index (κ1) is 9.72. The molecule has 3 rings (SSSR count). The molecule has 0 saturated heterocycles. The standard InChI is InChI=1S/C13H8N2O2/c16-13-11-3-6-15-8-10(11)7-12(17-13)9-1-4-14-5-2-9/h1-8H. The van der Waals surface area contributed by atoms with E-state index in [-0.39, 0.29) is 5.63 Å². The normalized spacial score (nSPS) is 10.6. The molecule has 4 nitrogen and oxygen atoms in total. The van der Waals surface area contributed by atoms with Crippen LogP contribution in [0.2, 0.25) is 0 Å². The van der Waals surface area contributed by atoms with Crippen molar-refractivity contribution in [2.24, 2.45) is 0 Å². The number of hydrogen-bond acceptors (Lipinski definition) is 4. The molecule has 0 N–H and O–H groups in total. The van der Waals surface area contributed by atoms with E-state index < -0.39 is 0 Å². The summed E-state index contributed by atoms with van der Waals surface area (Å²) in [5.41, 5.74) is 0.472. The number of rotatable bonds is 1. The third-order valence-corrected chi connectivity index (χ3v) is 2.53.